The van der Waals surface area contributed by atoms with Crippen LogP contribution in [-0.2, 0) is 14.8 Å². The lowest BCUT2D eigenvalue weighted by Gasteiger charge is -2.32. The maximum atomic E-state index is 12.4. The van der Waals surface area contributed by atoms with Gasteiger partial charge in [-0.1, -0.05) is 23.7 Å². The number of likely N-dealkylation sites (tertiary alicyclic amines) is 1. The Balaban J connectivity index is 1.33. The molecule has 1 fully saturated rings. The highest BCUT2D eigenvalue weighted by Crippen LogP contribution is 2.29. The van der Waals surface area contributed by atoms with Gasteiger partial charge in [-0.2, -0.15) is 8.42 Å². The zero-order valence-electron chi connectivity index (χ0n) is 15.8. The van der Waals surface area contributed by atoms with Crippen molar-refractivity contribution < 1.29 is 18.0 Å². The standard InChI is InChI=1S/C20H19ClN4O4S/c21-15-7-5-13(6-8-15)19(26)22-23-20(27)14-9-11-25(12-10-14)18-16-3-1-2-4-17(16)30(28,29)24-18/h1-8,14H,9-12H2,(H,22,26)(H,23,27). The number of carbonyl (C=O) groups excluding carboxylic acids is 2. The molecule has 0 spiro atoms. The molecule has 0 radical (unpaired) electrons. The minimum absolute atomic E-state index is 0.213. The van der Waals surface area contributed by atoms with Gasteiger partial charge in [0.05, 0.1) is 0 Å². The second-order valence-corrected chi connectivity index (χ2v) is 9.11. The molecule has 2 aromatic carbocycles. The first-order valence-electron chi connectivity index (χ1n) is 9.40. The van der Waals surface area contributed by atoms with Gasteiger partial charge in [0, 0.05) is 35.2 Å². The van der Waals surface area contributed by atoms with Crippen LogP contribution in [0, 0.1) is 5.92 Å². The van der Waals surface area contributed by atoms with E-state index >= 15 is 0 Å². The van der Waals surface area contributed by atoms with Gasteiger partial charge in [0.1, 0.15) is 4.90 Å². The Bertz CT molecular complexity index is 1120. The Kier molecular flexibility index (Phi) is 5.48. The van der Waals surface area contributed by atoms with Crippen molar-refractivity contribution in [3.8, 4) is 0 Å². The highest BCUT2D eigenvalue weighted by molar-refractivity contribution is 7.90. The third-order valence-electron chi connectivity index (χ3n) is 5.18. The van der Waals surface area contributed by atoms with Gasteiger partial charge in [0.2, 0.25) is 5.91 Å². The van der Waals surface area contributed by atoms with E-state index in [9.17, 15) is 18.0 Å². The van der Waals surface area contributed by atoms with Gasteiger partial charge in [0.25, 0.3) is 15.9 Å². The van der Waals surface area contributed by atoms with Crippen molar-refractivity contribution in [1.29, 1.82) is 0 Å². The number of piperidine rings is 1. The molecule has 1 saturated heterocycles. The van der Waals surface area contributed by atoms with Crippen LogP contribution in [0.4, 0.5) is 0 Å². The lowest BCUT2D eigenvalue weighted by atomic mass is 9.95. The maximum absolute atomic E-state index is 12.4. The third-order valence-corrected chi connectivity index (χ3v) is 6.76. The number of sulfonamides is 1. The van der Waals surface area contributed by atoms with Crippen LogP contribution in [-0.4, -0.2) is 44.1 Å². The molecule has 0 atom stereocenters. The summed E-state index contributed by atoms with van der Waals surface area (Å²) in [5.41, 5.74) is 5.85. The number of amides is 2. The van der Waals surface area contributed by atoms with E-state index in [2.05, 4.69) is 15.2 Å². The zero-order chi connectivity index (χ0) is 21.3. The first-order chi connectivity index (χ1) is 14.3. The van der Waals surface area contributed by atoms with E-state index in [0.717, 1.165) is 0 Å². The number of hydrazine groups is 1. The van der Waals surface area contributed by atoms with E-state index in [0.29, 0.717) is 47.9 Å². The summed E-state index contributed by atoms with van der Waals surface area (Å²) >= 11 is 5.80. The number of halogens is 1. The van der Waals surface area contributed by atoms with Gasteiger partial charge in [-0.15, -0.1) is 4.40 Å². The molecule has 2 heterocycles. The van der Waals surface area contributed by atoms with Crippen LogP contribution in [0.1, 0.15) is 28.8 Å². The average Bonchev–Trinajstić information content (AvgIpc) is 3.03. The molecule has 2 N–H and O–H groups in total. The summed E-state index contributed by atoms with van der Waals surface area (Å²) in [5.74, 6) is -0.570. The van der Waals surface area contributed by atoms with E-state index in [4.69, 9.17) is 11.6 Å². The number of carbonyl (C=O) groups is 2. The van der Waals surface area contributed by atoms with Crippen molar-refractivity contribution in [2.75, 3.05) is 13.1 Å². The van der Waals surface area contributed by atoms with Gasteiger partial charge in [-0.05, 0) is 49.2 Å². The van der Waals surface area contributed by atoms with E-state index in [-0.39, 0.29) is 16.7 Å². The minimum Gasteiger partial charge on any atom is -0.355 e. The molecule has 0 bridgehead atoms. The molecule has 4 rings (SSSR count). The van der Waals surface area contributed by atoms with Gasteiger partial charge in [-0.3, -0.25) is 20.4 Å². The average molecular weight is 447 g/mol. The molecule has 8 nitrogen and oxygen atoms in total. The summed E-state index contributed by atoms with van der Waals surface area (Å²) in [6.45, 7) is 0.984. The fourth-order valence-corrected chi connectivity index (χ4v) is 4.92. The van der Waals surface area contributed by atoms with Crippen LogP contribution in [0.5, 0.6) is 0 Å². The molecular formula is C20H19ClN4O4S. The fourth-order valence-electron chi connectivity index (χ4n) is 3.56. The quantitative estimate of drug-likeness (QED) is 0.685. The normalized spacial score (nSPS) is 17.8. The SMILES string of the molecule is O=C(NNC(=O)C1CCN(C2=NS(=O)(=O)c3ccccc32)CC1)c1ccc(Cl)cc1. The Labute approximate surface area is 179 Å². The van der Waals surface area contributed by atoms with E-state index < -0.39 is 15.9 Å². The highest BCUT2D eigenvalue weighted by atomic mass is 35.5. The lowest BCUT2D eigenvalue weighted by Crippen LogP contribution is -2.48. The molecule has 156 valence electrons. The Hall–Kier alpha value is -2.91. The van der Waals surface area contributed by atoms with E-state index in [1.165, 1.54) is 0 Å². The number of fused-ring (bicyclic) bond motifs is 1. The summed E-state index contributed by atoms with van der Waals surface area (Å²) in [5, 5.41) is 0.518. The number of rotatable bonds is 2. The van der Waals surface area contributed by atoms with Crippen LogP contribution in [0.25, 0.3) is 0 Å². The number of hydrogen-bond donors (Lipinski definition) is 2. The molecular weight excluding hydrogens is 428 g/mol. The summed E-state index contributed by atoms with van der Waals surface area (Å²) in [4.78, 5) is 26.6. The van der Waals surface area contributed by atoms with E-state index in [1.54, 1.807) is 48.5 Å². The number of benzene rings is 2. The molecule has 10 heteroatoms. The molecule has 0 saturated carbocycles. The Morgan fingerprint density at radius 3 is 2.37 bits per heavy atom. The second kappa shape index (κ2) is 8.08. The number of amidine groups is 1. The van der Waals surface area contributed by atoms with Crippen LogP contribution < -0.4 is 10.9 Å². The first-order valence-corrected chi connectivity index (χ1v) is 11.2. The maximum Gasteiger partial charge on any atom is 0.285 e. The van der Waals surface area contributed by atoms with Gasteiger partial charge >= 0.3 is 0 Å². The summed E-state index contributed by atoms with van der Waals surface area (Å²) in [6.07, 6.45) is 1.04. The zero-order valence-corrected chi connectivity index (χ0v) is 17.4. The second-order valence-electron chi connectivity index (χ2n) is 7.10. The predicted molar refractivity (Wildman–Crippen MR) is 112 cm³/mol. The van der Waals surface area contributed by atoms with Crippen molar-refractivity contribution in [2.24, 2.45) is 10.3 Å². The monoisotopic (exact) mass is 446 g/mol. The number of hydrogen-bond acceptors (Lipinski definition) is 5. The minimum atomic E-state index is -3.67. The van der Waals surface area contributed by atoms with Crippen molar-refractivity contribution in [2.45, 2.75) is 17.7 Å². The Morgan fingerprint density at radius 1 is 1.00 bits per heavy atom. The molecule has 0 unspecified atom stereocenters. The van der Waals surface area contributed by atoms with Gasteiger partial charge in [0.15, 0.2) is 5.84 Å². The van der Waals surface area contributed by atoms with Crippen LogP contribution >= 0.6 is 11.6 Å². The Morgan fingerprint density at radius 2 is 1.67 bits per heavy atom. The molecule has 0 aromatic heterocycles. The summed E-state index contributed by atoms with van der Waals surface area (Å²) < 4.78 is 28.4. The van der Waals surface area contributed by atoms with Gasteiger partial charge < -0.3 is 4.90 Å². The largest absolute Gasteiger partial charge is 0.355 e. The smallest absolute Gasteiger partial charge is 0.285 e. The van der Waals surface area contributed by atoms with Gasteiger partial charge in [-0.25, -0.2) is 0 Å². The molecule has 2 aliphatic rings. The highest BCUT2D eigenvalue weighted by Gasteiger charge is 2.34. The summed E-state index contributed by atoms with van der Waals surface area (Å²) in [6, 6.07) is 13.1. The van der Waals surface area contributed by atoms with Crippen molar-refractivity contribution >= 4 is 39.3 Å². The molecule has 2 amide bonds. The molecule has 0 aliphatic carbocycles. The fraction of sp³-hybridized carbons (Fsp3) is 0.250. The topological polar surface area (TPSA) is 108 Å². The first kappa shape index (κ1) is 20.4. The molecule has 2 aliphatic heterocycles. The lowest BCUT2D eigenvalue weighted by molar-refractivity contribution is -0.126. The molecule has 30 heavy (non-hydrogen) atoms. The van der Waals surface area contributed by atoms with Crippen molar-refractivity contribution in [1.82, 2.24) is 15.8 Å². The molecule has 2 aromatic rings. The summed E-state index contributed by atoms with van der Waals surface area (Å²) in [7, 11) is -3.67. The van der Waals surface area contributed by atoms with Crippen molar-refractivity contribution in [3.05, 3.63) is 64.7 Å². The number of nitrogens with one attached hydrogen (secondary N) is 2. The third kappa shape index (κ3) is 4.03. The van der Waals surface area contributed by atoms with Crippen LogP contribution in [0.15, 0.2) is 57.8 Å². The van der Waals surface area contributed by atoms with E-state index in [1.807, 2.05) is 4.90 Å². The predicted octanol–water partition coefficient (Wildman–Crippen LogP) is 1.96. The van der Waals surface area contributed by atoms with Crippen LogP contribution in [0.3, 0.4) is 0 Å². The van der Waals surface area contributed by atoms with Crippen LogP contribution in [0.2, 0.25) is 5.02 Å². The van der Waals surface area contributed by atoms with Crippen molar-refractivity contribution in [3.63, 3.8) is 0 Å². The number of nitrogens with zero attached hydrogens (tertiary/aromatic N) is 2.